The van der Waals surface area contributed by atoms with Crippen molar-refractivity contribution in [1.29, 1.82) is 0 Å². The highest BCUT2D eigenvalue weighted by molar-refractivity contribution is 7.89. The predicted octanol–water partition coefficient (Wildman–Crippen LogP) is 3.79. The Labute approximate surface area is 171 Å². The Bertz CT molecular complexity index is 971. The van der Waals surface area contributed by atoms with Crippen LogP contribution in [-0.4, -0.2) is 35.4 Å². The molecule has 0 bridgehead atoms. The lowest BCUT2D eigenvalue weighted by Gasteiger charge is -2.26. The van der Waals surface area contributed by atoms with Gasteiger partial charge < -0.3 is 0 Å². The number of anilines is 1. The van der Waals surface area contributed by atoms with Gasteiger partial charge in [0.15, 0.2) is 5.13 Å². The van der Waals surface area contributed by atoms with E-state index < -0.39 is 15.3 Å². The average molecular weight is 422 g/mol. The first kappa shape index (κ1) is 21.0. The summed E-state index contributed by atoms with van der Waals surface area (Å²) in [5.74, 6) is -0.210. The largest absolute Gasteiger partial charge is 0.298 e. The topological polar surface area (TPSA) is 79.4 Å². The zero-order valence-electron chi connectivity index (χ0n) is 16.9. The molecule has 28 heavy (non-hydrogen) atoms. The summed E-state index contributed by atoms with van der Waals surface area (Å²) in [5.41, 5.74) is 2.65. The Morgan fingerprint density at radius 3 is 2.43 bits per heavy atom. The molecule has 0 aliphatic carbocycles. The van der Waals surface area contributed by atoms with Gasteiger partial charge in [0.25, 0.3) is 5.91 Å². The number of sulfonamides is 1. The summed E-state index contributed by atoms with van der Waals surface area (Å²) in [6.45, 7) is 10.5. The van der Waals surface area contributed by atoms with Crippen molar-refractivity contribution in [3.8, 4) is 0 Å². The molecule has 0 saturated heterocycles. The Balaban J connectivity index is 1.72. The minimum Gasteiger partial charge on any atom is -0.298 e. The minimum absolute atomic E-state index is 0.0333. The van der Waals surface area contributed by atoms with Gasteiger partial charge in [-0.05, 0) is 37.0 Å². The van der Waals surface area contributed by atoms with Gasteiger partial charge in [0.2, 0.25) is 10.0 Å². The van der Waals surface area contributed by atoms with Crippen LogP contribution in [0.15, 0.2) is 24.3 Å². The molecule has 6 nitrogen and oxygen atoms in total. The van der Waals surface area contributed by atoms with Crippen molar-refractivity contribution in [1.82, 2.24) is 9.29 Å². The second-order valence-corrected chi connectivity index (χ2v) is 11.9. The molecule has 1 aromatic carbocycles. The van der Waals surface area contributed by atoms with Crippen LogP contribution in [0, 0.1) is 0 Å². The number of nitrogens with one attached hydrogen (secondary N) is 1. The Morgan fingerprint density at radius 2 is 1.86 bits per heavy atom. The van der Waals surface area contributed by atoms with E-state index in [1.54, 1.807) is 13.8 Å². The van der Waals surface area contributed by atoms with Crippen LogP contribution in [0.4, 0.5) is 5.13 Å². The molecule has 2 heterocycles. The third-order valence-electron chi connectivity index (χ3n) is 4.89. The molecule has 1 N–H and O–H groups in total. The quantitative estimate of drug-likeness (QED) is 0.815. The van der Waals surface area contributed by atoms with E-state index in [4.69, 9.17) is 0 Å². The van der Waals surface area contributed by atoms with Crippen LogP contribution in [0.25, 0.3) is 0 Å². The molecule has 2 aromatic rings. The van der Waals surface area contributed by atoms with Crippen molar-refractivity contribution in [3.63, 3.8) is 0 Å². The monoisotopic (exact) mass is 421 g/mol. The molecule has 0 atom stereocenters. The summed E-state index contributed by atoms with van der Waals surface area (Å²) in [4.78, 5) is 17.9. The molecule has 0 fully saturated rings. The van der Waals surface area contributed by atoms with E-state index >= 15 is 0 Å². The van der Waals surface area contributed by atoms with Crippen LogP contribution in [-0.2, 0) is 28.4 Å². The highest BCUT2D eigenvalue weighted by atomic mass is 32.2. The zero-order valence-corrected chi connectivity index (χ0v) is 18.6. The van der Waals surface area contributed by atoms with E-state index in [2.05, 4.69) is 31.1 Å². The van der Waals surface area contributed by atoms with Gasteiger partial charge in [0.05, 0.1) is 10.9 Å². The maximum atomic E-state index is 12.6. The van der Waals surface area contributed by atoms with E-state index in [-0.39, 0.29) is 11.3 Å². The normalized spacial score (nSPS) is 15.5. The fraction of sp³-hybridized carbons (Fsp3) is 0.500. The van der Waals surface area contributed by atoms with Gasteiger partial charge in [-0.25, -0.2) is 13.4 Å². The molecule has 0 unspecified atom stereocenters. The van der Waals surface area contributed by atoms with Gasteiger partial charge >= 0.3 is 0 Å². The number of fused-ring (bicyclic) bond motifs is 1. The number of carbonyl (C=O) groups is 1. The Morgan fingerprint density at radius 1 is 1.21 bits per heavy atom. The van der Waals surface area contributed by atoms with Crippen molar-refractivity contribution in [3.05, 3.63) is 46.0 Å². The van der Waals surface area contributed by atoms with Crippen LogP contribution in [0.3, 0.4) is 0 Å². The molecule has 3 rings (SSSR count). The van der Waals surface area contributed by atoms with E-state index in [1.165, 1.54) is 21.2 Å². The van der Waals surface area contributed by atoms with Gasteiger partial charge in [-0.3, -0.25) is 10.1 Å². The molecular weight excluding hydrogens is 394 g/mol. The molecule has 1 aliphatic heterocycles. The fourth-order valence-corrected chi connectivity index (χ4v) is 5.38. The number of hydrogen-bond acceptors (Lipinski definition) is 5. The molecule has 0 spiro atoms. The van der Waals surface area contributed by atoms with Crippen LogP contribution in [0.5, 0.6) is 0 Å². The SMILES string of the molecule is CC(C)S(=O)(=O)N1CCc2nc(NC(=O)c3ccc(C(C)(C)C)cc3)sc2C1. The van der Waals surface area contributed by atoms with Gasteiger partial charge in [0.1, 0.15) is 0 Å². The molecular formula is C20H27N3O3S2. The first-order valence-corrected chi connectivity index (χ1v) is 11.7. The summed E-state index contributed by atoms with van der Waals surface area (Å²) >= 11 is 1.35. The van der Waals surface area contributed by atoms with Gasteiger partial charge in [-0.1, -0.05) is 32.9 Å². The van der Waals surface area contributed by atoms with Gasteiger partial charge in [0, 0.05) is 30.0 Å². The highest BCUT2D eigenvalue weighted by Gasteiger charge is 2.31. The van der Waals surface area contributed by atoms with Crippen LogP contribution in [0.1, 0.15) is 61.1 Å². The first-order valence-electron chi connectivity index (χ1n) is 9.38. The van der Waals surface area contributed by atoms with Crippen molar-refractivity contribution >= 4 is 32.4 Å². The van der Waals surface area contributed by atoms with Crippen molar-refractivity contribution < 1.29 is 13.2 Å². The Kier molecular flexibility index (Phi) is 5.67. The molecule has 1 aromatic heterocycles. The van der Waals surface area contributed by atoms with Crippen LogP contribution >= 0.6 is 11.3 Å². The first-order chi connectivity index (χ1) is 13.0. The Hall–Kier alpha value is -1.77. The van der Waals surface area contributed by atoms with Crippen LogP contribution in [0.2, 0.25) is 0 Å². The summed E-state index contributed by atoms with van der Waals surface area (Å²) in [6.07, 6.45) is 0.563. The smallest absolute Gasteiger partial charge is 0.257 e. The maximum absolute atomic E-state index is 12.6. The van der Waals surface area contributed by atoms with E-state index in [0.717, 1.165) is 10.6 Å². The lowest BCUT2D eigenvalue weighted by Crippen LogP contribution is -2.39. The number of nitrogens with zero attached hydrogens (tertiary/aromatic N) is 2. The third kappa shape index (κ3) is 4.29. The highest BCUT2D eigenvalue weighted by Crippen LogP contribution is 2.30. The second kappa shape index (κ2) is 7.57. The minimum atomic E-state index is -3.29. The third-order valence-corrected chi connectivity index (χ3v) is 8.11. The van der Waals surface area contributed by atoms with Crippen molar-refractivity contribution in [2.24, 2.45) is 0 Å². The summed E-state index contributed by atoms with van der Waals surface area (Å²) in [5, 5.41) is 2.92. The van der Waals surface area contributed by atoms with Gasteiger partial charge in [-0.2, -0.15) is 4.31 Å². The number of amides is 1. The number of hydrogen-bond donors (Lipinski definition) is 1. The lowest BCUT2D eigenvalue weighted by atomic mass is 9.87. The number of benzene rings is 1. The molecule has 152 valence electrons. The van der Waals surface area contributed by atoms with Crippen LogP contribution < -0.4 is 5.32 Å². The van der Waals surface area contributed by atoms with Crippen molar-refractivity contribution in [2.45, 2.75) is 58.2 Å². The lowest BCUT2D eigenvalue weighted by molar-refractivity contribution is 0.102. The number of thiazole rings is 1. The predicted molar refractivity (Wildman–Crippen MR) is 113 cm³/mol. The molecule has 0 saturated carbocycles. The maximum Gasteiger partial charge on any atom is 0.257 e. The molecule has 1 amide bonds. The standard InChI is InChI=1S/C20H27N3O3S2/c1-13(2)28(25,26)23-11-10-16-17(12-23)27-19(21-16)22-18(24)14-6-8-15(9-7-14)20(3,4)5/h6-9,13H,10-12H2,1-5H3,(H,21,22,24). The van der Waals surface area contributed by atoms with Gasteiger partial charge in [-0.15, -0.1) is 11.3 Å². The summed E-state index contributed by atoms with van der Waals surface area (Å²) in [6, 6.07) is 7.58. The molecule has 0 radical (unpaired) electrons. The molecule has 8 heteroatoms. The number of rotatable bonds is 4. The number of carbonyl (C=O) groups excluding carboxylic acids is 1. The van der Waals surface area contributed by atoms with E-state index in [1.807, 2.05) is 24.3 Å². The van der Waals surface area contributed by atoms with E-state index in [9.17, 15) is 13.2 Å². The molecule has 1 aliphatic rings. The number of aromatic nitrogens is 1. The average Bonchev–Trinajstić information content (AvgIpc) is 3.02. The summed E-state index contributed by atoms with van der Waals surface area (Å²) in [7, 11) is -3.29. The zero-order chi connectivity index (χ0) is 20.7. The van der Waals surface area contributed by atoms with E-state index in [0.29, 0.717) is 30.2 Å². The van der Waals surface area contributed by atoms with Crippen molar-refractivity contribution in [2.75, 3.05) is 11.9 Å². The second-order valence-electron chi connectivity index (χ2n) is 8.35. The fourth-order valence-electron chi connectivity index (χ4n) is 3.03. The summed E-state index contributed by atoms with van der Waals surface area (Å²) < 4.78 is 26.3.